The maximum absolute atomic E-state index is 5.65. The summed E-state index contributed by atoms with van der Waals surface area (Å²) in [7, 11) is 1.91. The molecule has 0 fully saturated rings. The highest BCUT2D eigenvalue weighted by Crippen LogP contribution is 2.34. The summed E-state index contributed by atoms with van der Waals surface area (Å²) in [5, 5.41) is 13.5. The molecule has 0 aliphatic rings. The van der Waals surface area contributed by atoms with E-state index < -0.39 is 0 Å². The van der Waals surface area contributed by atoms with Gasteiger partial charge in [-0.1, -0.05) is 11.3 Å². The van der Waals surface area contributed by atoms with Crippen LogP contribution in [-0.2, 0) is 0 Å². The minimum atomic E-state index is 0.199. The molecule has 0 radical (unpaired) electrons. The van der Waals surface area contributed by atoms with E-state index in [0.717, 1.165) is 27.1 Å². The van der Waals surface area contributed by atoms with Gasteiger partial charge in [0.05, 0.1) is 19.3 Å². The van der Waals surface area contributed by atoms with Crippen LogP contribution in [0.3, 0.4) is 0 Å². The molecule has 0 amide bonds. The molecule has 1 unspecified atom stereocenters. The predicted octanol–water partition coefficient (Wildman–Crippen LogP) is 3.28. The maximum atomic E-state index is 5.65. The fraction of sp³-hybridized carbons (Fsp3) is 0.467. The SMILES string of the molecule is CCOc1ccc(-c2nnc(C(C)NC)s2)cc1OCC. The highest BCUT2D eigenvalue weighted by molar-refractivity contribution is 7.14. The second kappa shape index (κ2) is 7.38. The Kier molecular flexibility index (Phi) is 5.52. The average molecular weight is 307 g/mol. The van der Waals surface area contributed by atoms with Gasteiger partial charge >= 0.3 is 0 Å². The Morgan fingerprint density at radius 3 is 2.52 bits per heavy atom. The van der Waals surface area contributed by atoms with Crippen LogP contribution in [0.15, 0.2) is 18.2 Å². The molecule has 0 bridgehead atoms. The van der Waals surface area contributed by atoms with Crippen molar-refractivity contribution in [3.63, 3.8) is 0 Å². The molecule has 0 aliphatic carbocycles. The Balaban J connectivity index is 2.31. The van der Waals surface area contributed by atoms with Crippen LogP contribution in [-0.4, -0.2) is 30.5 Å². The van der Waals surface area contributed by atoms with Crippen LogP contribution < -0.4 is 14.8 Å². The molecule has 1 aromatic carbocycles. The quantitative estimate of drug-likeness (QED) is 0.850. The molecule has 1 heterocycles. The van der Waals surface area contributed by atoms with Crippen molar-refractivity contribution in [3.8, 4) is 22.1 Å². The van der Waals surface area contributed by atoms with E-state index in [1.54, 1.807) is 11.3 Å². The molecule has 1 N–H and O–H groups in total. The minimum absolute atomic E-state index is 0.199. The minimum Gasteiger partial charge on any atom is -0.490 e. The lowest BCUT2D eigenvalue weighted by Crippen LogP contribution is -2.11. The van der Waals surface area contributed by atoms with Crippen molar-refractivity contribution in [3.05, 3.63) is 23.2 Å². The highest BCUT2D eigenvalue weighted by Gasteiger charge is 2.13. The van der Waals surface area contributed by atoms with Crippen molar-refractivity contribution in [1.82, 2.24) is 15.5 Å². The van der Waals surface area contributed by atoms with E-state index in [4.69, 9.17) is 9.47 Å². The van der Waals surface area contributed by atoms with Gasteiger partial charge in [-0.05, 0) is 46.0 Å². The fourth-order valence-corrected chi connectivity index (χ4v) is 2.73. The summed E-state index contributed by atoms with van der Waals surface area (Å²) < 4.78 is 11.2. The van der Waals surface area contributed by atoms with Gasteiger partial charge in [0.15, 0.2) is 11.5 Å². The number of nitrogens with zero attached hydrogens (tertiary/aromatic N) is 2. The van der Waals surface area contributed by atoms with Gasteiger partial charge in [-0.15, -0.1) is 10.2 Å². The number of hydrogen-bond acceptors (Lipinski definition) is 6. The topological polar surface area (TPSA) is 56.3 Å². The van der Waals surface area contributed by atoms with Gasteiger partial charge in [0.25, 0.3) is 0 Å². The summed E-state index contributed by atoms with van der Waals surface area (Å²) >= 11 is 1.58. The molecule has 0 spiro atoms. The summed E-state index contributed by atoms with van der Waals surface area (Å²) in [4.78, 5) is 0. The molecule has 114 valence electrons. The number of hydrogen-bond donors (Lipinski definition) is 1. The largest absolute Gasteiger partial charge is 0.490 e. The van der Waals surface area contributed by atoms with E-state index in [0.29, 0.717) is 13.2 Å². The average Bonchev–Trinajstić information content (AvgIpc) is 2.98. The molecule has 5 nitrogen and oxygen atoms in total. The standard InChI is InChI=1S/C15H21N3O2S/c1-5-19-12-8-7-11(9-13(12)20-6-2)15-18-17-14(21-15)10(3)16-4/h7-10,16H,5-6H2,1-4H3. The van der Waals surface area contributed by atoms with Crippen molar-refractivity contribution in [1.29, 1.82) is 0 Å². The zero-order valence-corrected chi connectivity index (χ0v) is 13.7. The molecule has 1 aromatic heterocycles. The molecular weight excluding hydrogens is 286 g/mol. The maximum Gasteiger partial charge on any atom is 0.161 e. The summed E-state index contributed by atoms with van der Waals surface area (Å²) in [5.74, 6) is 1.51. The van der Waals surface area contributed by atoms with E-state index in [1.165, 1.54) is 0 Å². The Hall–Kier alpha value is -1.66. The third-order valence-corrected chi connectivity index (χ3v) is 4.19. The van der Waals surface area contributed by atoms with E-state index in [2.05, 4.69) is 22.4 Å². The third-order valence-electron chi connectivity index (χ3n) is 3.03. The normalized spacial score (nSPS) is 12.2. The Bertz CT molecular complexity index is 586. The second-order valence-corrected chi connectivity index (χ2v) is 5.49. The van der Waals surface area contributed by atoms with Gasteiger partial charge in [0.2, 0.25) is 0 Å². The number of benzene rings is 1. The van der Waals surface area contributed by atoms with Crippen molar-refractivity contribution in [2.45, 2.75) is 26.8 Å². The monoisotopic (exact) mass is 307 g/mol. The summed E-state index contributed by atoms with van der Waals surface area (Å²) in [5.41, 5.74) is 0.994. The van der Waals surface area contributed by atoms with Gasteiger partial charge in [-0.25, -0.2) is 0 Å². The number of aromatic nitrogens is 2. The number of ether oxygens (including phenoxy) is 2. The molecule has 0 saturated heterocycles. The van der Waals surface area contributed by atoms with Crippen LogP contribution in [0, 0.1) is 0 Å². The first-order valence-electron chi connectivity index (χ1n) is 7.10. The van der Waals surface area contributed by atoms with Crippen LogP contribution in [0.25, 0.3) is 10.6 Å². The number of rotatable bonds is 7. The Labute approximate surface area is 129 Å². The van der Waals surface area contributed by atoms with Crippen molar-refractivity contribution >= 4 is 11.3 Å². The van der Waals surface area contributed by atoms with Gasteiger partial charge in [-0.2, -0.15) is 0 Å². The van der Waals surface area contributed by atoms with Gasteiger partial charge in [0.1, 0.15) is 10.0 Å². The van der Waals surface area contributed by atoms with E-state index in [-0.39, 0.29) is 6.04 Å². The molecular formula is C15H21N3O2S. The molecule has 2 rings (SSSR count). The van der Waals surface area contributed by atoms with Gasteiger partial charge in [0, 0.05) is 5.56 Å². The van der Waals surface area contributed by atoms with E-state index >= 15 is 0 Å². The van der Waals surface area contributed by atoms with Crippen molar-refractivity contribution in [2.24, 2.45) is 0 Å². The Morgan fingerprint density at radius 2 is 1.86 bits per heavy atom. The zero-order chi connectivity index (χ0) is 15.2. The molecule has 0 saturated carbocycles. The van der Waals surface area contributed by atoms with E-state index in [1.807, 2.05) is 39.1 Å². The molecule has 1 atom stereocenters. The first-order chi connectivity index (χ1) is 10.2. The van der Waals surface area contributed by atoms with E-state index in [9.17, 15) is 0 Å². The zero-order valence-electron chi connectivity index (χ0n) is 12.8. The summed E-state index contributed by atoms with van der Waals surface area (Å²) in [6.45, 7) is 7.19. The third kappa shape index (κ3) is 3.71. The lowest BCUT2D eigenvalue weighted by molar-refractivity contribution is 0.288. The first-order valence-corrected chi connectivity index (χ1v) is 7.91. The molecule has 0 aliphatic heterocycles. The Morgan fingerprint density at radius 1 is 1.14 bits per heavy atom. The fourth-order valence-electron chi connectivity index (χ4n) is 1.83. The predicted molar refractivity (Wildman–Crippen MR) is 85.2 cm³/mol. The molecule has 6 heteroatoms. The molecule has 21 heavy (non-hydrogen) atoms. The molecule has 2 aromatic rings. The number of nitrogens with one attached hydrogen (secondary N) is 1. The van der Waals surface area contributed by atoms with Crippen LogP contribution in [0.4, 0.5) is 0 Å². The van der Waals surface area contributed by atoms with Gasteiger partial charge < -0.3 is 14.8 Å². The van der Waals surface area contributed by atoms with Crippen molar-refractivity contribution in [2.75, 3.05) is 20.3 Å². The second-order valence-electron chi connectivity index (χ2n) is 4.48. The lowest BCUT2D eigenvalue weighted by Gasteiger charge is -2.11. The summed E-state index contributed by atoms with van der Waals surface area (Å²) in [6.07, 6.45) is 0. The van der Waals surface area contributed by atoms with Crippen molar-refractivity contribution < 1.29 is 9.47 Å². The van der Waals surface area contributed by atoms with Crippen LogP contribution in [0.1, 0.15) is 31.8 Å². The van der Waals surface area contributed by atoms with Crippen LogP contribution >= 0.6 is 11.3 Å². The summed E-state index contributed by atoms with van der Waals surface area (Å²) in [6, 6.07) is 6.07. The first kappa shape index (κ1) is 15.7. The van der Waals surface area contributed by atoms with Crippen LogP contribution in [0.5, 0.6) is 11.5 Å². The van der Waals surface area contributed by atoms with Gasteiger partial charge in [-0.3, -0.25) is 0 Å². The highest BCUT2D eigenvalue weighted by atomic mass is 32.1. The lowest BCUT2D eigenvalue weighted by atomic mass is 10.2. The smallest absolute Gasteiger partial charge is 0.161 e. The van der Waals surface area contributed by atoms with Crippen LogP contribution in [0.2, 0.25) is 0 Å².